The average molecular weight is 873 g/mol. The first kappa shape index (κ1) is 38.9. The molecule has 4 nitrogen and oxygen atoms in total. The van der Waals surface area contributed by atoms with Crippen molar-refractivity contribution in [3.63, 3.8) is 0 Å². The van der Waals surface area contributed by atoms with Crippen molar-refractivity contribution in [2.24, 2.45) is 0 Å². The van der Waals surface area contributed by atoms with Gasteiger partial charge in [0.1, 0.15) is 0 Å². The van der Waals surface area contributed by atoms with Crippen LogP contribution in [0.25, 0.3) is 84.7 Å². The summed E-state index contributed by atoms with van der Waals surface area (Å²) in [5.41, 5.74) is 20.6. The minimum absolute atomic E-state index is 0.0463. The quantitative estimate of drug-likeness (QED) is 0.186. The van der Waals surface area contributed by atoms with Crippen LogP contribution in [0.2, 0.25) is 0 Å². The maximum atomic E-state index is 3.83. The highest BCUT2D eigenvalue weighted by atomic mass is 15.2. The molecule has 0 amide bonds. The number of fused-ring (bicyclic) bond motifs is 15. The monoisotopic (exact) mass is 872 g/mol. The Morgan fingerprint density at radius 2 is 1.29 bits per heavy atom. The second-order valence-electron chi connectivity index (χ2n) is 19.7. The van der Waals surface area contributed by atoms with Crippen LogP contribution in [0.3, 0.4) is 0 Å². The summed E-state index contributed by atoms with van der Waals surface area (Å²) < 4.78 is 4.91. The normalized spacial score (nSPS) is 18.1. The topological polar surface area (TPSA) is 25.1 Å². The summed E-state index contributed by atoms with van der Waals surface area (Å²) in [7, 11) is 0. The van der Waals surface area contributed by atoms with Gasteiger partial charge in [0.25, 0.3) is 0 Å². The van der Waals surface area contributed by atoms with Crippen molar-refractivity contribution < 1.29 is 0 Å². The molecule has 1 atom stereocenters. The smallest absolute Gasteiger partial charge is 0.0783 e. The zero-order valence-corrected chi connectivity index (χ0v) is 38.3. The van der Waals surface area contributed by atoms with E-state index in [-0.39, 0.29) is 10.8 Å². The van der Waals surface area contributed by atoms with Gasteiger partial charge in [0.2, 0.25) is 0 Å². The summed E-state index contributed by atoms with van der Waals surface area (Å²) in [5.74, 6) is 0. The number of anilines is 4. The fourth-order valence-corrected chi connectivity index (χ4v) is 11.9. The Morgan fingerprint density at radius 1 is 0.544 bits per heavy atom. The third-order valence-corrected chi connectivity index (χ3v) is 15.4. The molecule has 1 unspecified atom stereocenters. The van der Waals surface area contributed by atoms with Gasteiger partial charge in [0.05, 0.1) is 44.6 Å². The van der Waals surface area contributed by atoms with Crippen LogP contribution in [0.5, 0.6) is 0 Å². The number of aromatic nitrogens is 2. The lowest BCUT2D eigenvalue weighted by atomic mass is 9.77. The average Bonchev–Trinajstić information content (AvgIpc) is 3.97. The second kappa shape index (κ2) is 14.3. The van der Waals surface area contributed by atoms with Crippen molar-refractivity contribution in [1.82, 2.24) is 9.13 Å². The lowest BCUT2D eigenvalue weighted by Crippen LogP contribution is -2.30. The first-order valence-electron chi connectivity index (χ1n) is 23.9. The van der Waals surface area contributed by atoms with Crippen molar-refractivity contribution in [1.29, 1.82) is 0 Å². The van der Waals surface area contributed by atoms with Gasteiger partial charge in [-0.25, -0.2) is 0 Å². The molecule has 14 rings (SSSR count). The van der Waals surface area contributed by atoms with Crippen LogP contribution in [0.4, 0.5) is 22.7 Å². The van der Waals surface area contributed by atoms with Crippen LogP contribution in [0, 0.1) is 0 Å². The van der Waals surface area contributed by atoms with Gasteiger partial charge >= 0.3 is 0 Å². The van der Waals surface area contributed by atoms with Gasteiger partial charge in [0, 0.05) is 49.8 Å². The molecule has 0 saturated carbocycles. The standard InChI is InChI=1S/C64H48N4/c1-63(2)53-38-45(65-40-61-49-20-14-19-42-18-8-9-22-55(42)67(61)56-33-27-44(37-52(49)56)64(3)34-12-5-13-35-64)28-30-47(53)48-31-29-46(39-54(48)63)66-58-23-10-11-24-59(58)68-57-32-26-43(41-16-6-4-7-17-41)36-51(57)50-21-15-25-60(66)62(50)68/h4-34,36-40,65H,35H2,1-3H3/b19-14-,49-20-,61-40-. The minimum Gasteiger partial charge on any atom is -0.360 e. The molecule has 10 aromatic rings. The van der Waals surface area contributed by atoms with Gasteiger partial charge in [-0.15, -0.1) is 0 Å². The van der Waals surface area contributed by atoms with E-state index in [1.165, 1.54) is 111 Å². The Kier molecular flexibility index (Phi) is 8.19. The van der Waals surface area contributed by atoms with Gasteiger partial charge in [-0.05, 0) is 124 Å². The summed E-state index contributed by atoms with van der Waals surface area (Å²) in [6, 6.07) is 63.2. The molecule has 324 valence electrons. The van der Waals surface area contributed by atoms with Gasteiger partial charge in [-0.2, -0.15) is 0 Å². The SMILES string of the molecule is CC1(c2ccc3c(c2)c2/c(=C/Nc4ccc5c(c4)C(C)(C)c4cc(N6c7ccccc7-n7c8ccc(-c9ccccc9)cc8c8cccc6c87)ccc4-5)n3-c3ccccc3/C=C\C=2)C=CC=CC1. The second-order valence-corrected chi connectivity index (χ2v) is 19.7. The molecule has 2 bridgehead atoms. The maximum Gasteiger partial charge on any atom is 0.0783 e. The van der Waals surface area contributed by atoms with Crippen molar-refractivity contribution in [3.05, 3.63) is 233 Å². The van der Waals surface area contributed by atoms with E-state index in [0.29, 0.717) is 0 Å². The fourth-order valence-electron chi connectivity index (χ4n) is 11.9. The molecule has 1 N–H and O–H groups in total. The summed E-state index contributed by atoms with van der Waals surface area (Å²) in [5, 5.41) is 9.97. The van der Waals surface area contributed by atoms with E-state index in [4.69, 9.17) is 0 Å². The van der Waals surface area contributed by atoms with E-state index >= 15 is 0 Å². The van der Waals surface area contributed by atoms with E-state index in [2.05, 4.69) is 259 Å². The van der Waals surface area contributed by atoms with Crippen molar-refractivity contribution in [2.75, 3.05) is 10.2 Å². The summed E-state index contributed by atoms with van der Waals surface area (Å²) in [4.78, 5) is 2.48. The first-order valence-corrected chi connectivity index (χ1v) is 23.9. The van der Waals surface area contributed by atoms with E-state index < -0.39 is 0 Å². The molecule has 68 heavy (non-hydrogen) atoms. The third-order valence-electron chi connectivity index (χ3n) is 15.4. The molecule has 4 heterocycles. The molecule has 0 saturated heterocycles. The van der Waals surface area contributed by atoms with Crippen LogP contribution < -0.4 is 20.8 Å². The van der Waals surface area contributed by atoms with E-state index in [1.807, 2.05) is 0 Å². The number of hydrogen-bond donors (Lipinski definition) is 1. The number of benzene rings is 8. The van der Waals surface area contributed by atoms with E-state index in [1.54, 1.807) is 0 Å². The predicted octanol–water partition coefficient (Wildman–Crippen LogP) is 14.9. The predicted molar refractivity (Wildman–Crippen MR) is 286 cm³/mol. The molecule has 4 heteroatoms. The van der Waals surface area contributed by atoms with E-state index in [0.717, 1.165) is 17.5 Å². The first-order chi connectivity index (χ1) is 33.3. The molecule has 0 spiro atoms. The summed E-state index contributed by atoms with van der Waals surface area (Å²) in [6.45, 7) is 7.12. The molecule has 2 aromatic heterocycles. The third kappa shape index (κ3) is 5.55. The number of para-hydroxylation sites is 4. The zero-order valence-electron chi connectivity index (χ0n) is 38.3. The Hall–Kier alpha value is -8.34. The number of nitrogens with zero attached hydrogens (tertiary/aromatic N) is 3. The molecule has 0 fully saturated rings. The van der Waals surface area contributed by atoms with Gasteiger partial charge < -0.3 is 19.4 Å². The molecule has 4 aliphatic rings. The minimum atomic E-state index is -0.240. The van der Waals surface area contributed by atoms with Gasteiger partial charge in [-0.3, -0.25) is 0 Å². The highest BCUT2D eigenvalue weighted by Gasteiger charge is 2.37. The highest BCUT2D eigenvalue weighted by Crippen LogP contribution is 2.54. The largest absolute Gasteiger partial charge is 0.360 e. The Labute approximate surface area is 396 Å². The number of nitrogens with one attached hydrogen (secondary N) is 1. The maximum absolute atomic E-state index is 3.83. The van der Waals surface area contributed by atoms with Gasteiger partial charge in [-0.1, -0.05) is 160 Å². The van der Waals surface area contributed by atoms with Crippen LogP contribution >= 0.6 is 0 Å². The van der Waals surface area contributed by atoms with Gasteiger partial charge in [0.15, 0.2) is 0 Å². The van der Waals surface area contributed by atoms with E-state index in [9.17, 15) is 0 Å². The fraction of sp³-hybridized carbons (Fsp3) is 0.0938. The summed E-state index contributed by atoms with van der Waals surface area (Å²) in [6.07, 6.45) is 18.9. The van der Waals surface area contributed by atoms with Crippen LogP contribution in [0.15, 0.2) is 200 Å². The Balaban J connectivity index is 0.862. The number of rotatable bonds is 5. The molecular weight excluding hydrogens is 825 g/mol. The molecule has 8 aromatic carbocycles. The van der Waals surface area contributed by atoms with Crippen molar-refractivity contribution in [2.45, 2.75) is 38.0 Å². The van der Waals surface area contributed by atoms with Crippen molar-refractivity contribution >= 4 is 73.8 Å². The lowest BCUT2D eigenvalue weighted by Gasteiger charge is -2.34. The lowest BCUT2D eigenvalue weighted by molar-refractivity contribution is 0.600. The zero-order chi connectivity index (χ0) is 45.3. The Bertz CT molecular complexity index is 4020. The van der Waals surface area contributed by atoms with Crippen LogP contribution in [0.1, 0.15) is 49.4 Å². The van der Waals surface area contributed by atoms with Crippen molar-refractivity contribution in [3.8, 4) is 33.6 Å². The highest BCUT2D eigenvalue weighted by molar-refractivity contribution is 6.17. The summed E-state index contributed by atoms with van der Waals surface area (Å²) >= 11 is 0. The molecule has 0 radical (unpaired) electrons. The number of allylic oxidation sites excluding steroid dienone is 5. The molecule has 2 aliphatic carbocycles. The van der Waals surface area contributed by atoms with Crippen LogP contribution in [-0.2, 0) is 10.8 Å². The van der Waals surface area contributed by atoms with Crippen LogP contribution in [-0.4, -0.2) is 9.13 Å². The Morgan fingerprint density at radius 3 is 2.15 bits per heavy atom. The number of hydrogen-bond acceptors (Lipinski definition) is 2. The molecular formula is C64H48N4. The molecule has 2 aliphatic heterocycles.